The lowest BCUT2D eigenvalue weighted by Gasteiger charge is -2.18. The van der Waals surface area contributed by atoms with Crippen LogP contribution in [0.3, 0.4) is 0 Å². The third-order valence-electron chi connectivity index (χ3n) is 2.34. The highest BCUT2D eigenvalue weighted by Crippen LogP contribution is 2.27. The predicted molar refractivity (Wildman–Crippen MR) is 54.7 cm³/mol. The topological polar surface area (TPSA) is 17.1 Å². The summed E-state index contributed by atoms with van der Waals surface area (Å²) in [6, 6.07) is 6.47. The molecule has 1 nitrogen and oxygen atoms in total. The third-order valence-corrected chi connectivity index (χ3v) is 2.34. The zero-order chi connectivity index (χ0) is 10.7. The quantitative estimate of drug-likeness (QED) is 0.722. The van der Waals surface area contributed by atoms with Crippen LogP contribution >= 0.6 is 0 Å². The lowest BCUT2D eigenvalue weighted by atomic mass is 9.85. The number of ketones is 1. The number of hydrogen-bond donors (Lipinski definition) is 0. The normalized spacial score (nSPS) is 12.9. The molecular weight excluding hydrogens is 179 g/mol. The maximum Gasteiger partial charge on any atom is 0.137 e. The fourth-order valence-corrected chi connectivity index (χ4v) is 1.77. The molecule has 0 heterocycles. The van der Waals surface area contributed by atoms with Crippen molar-refractivity contribution in [2.45, 2.75) is 26.7 Å². The number of carbonyl (C=O) groups excluding carboxylic acids is 1. The standard InChI is InChI=1S/C12H15FO/c1-8(2)12(9(3)14)10-6-4-5-7-11(10)13/h4-8,12H,1-3H3. The van der Waals surface area contributed by atoms with E-state index in [1.807, 2.05) is 13.8 Å². The summed E-state index contributed by atoms with van der Waals surface area (Å²) in [5.74, 6) is -0.466. The van der Waals surface area contributed by atoms with E-state index < -0.39 is 0 Å². The van der Waals surface area contributed by atoms with Gasteiger partial charge in [0.2, 0.25) is 0 Å². The molecule has 76 valence electrons. The molecule has 14 heavy (non-hydrogen) atoms. The van der Waals surface area contributed by atoms with E-state index in [1.165, 1.54) is 13.0 Å². The smallest absolute Gasteiger partial charge is 0.137 e. The van der Waals surface area contributed by atoms with Crippen LogP contribution in [0.1, 0.15) is 32.3 Å². The summed E-state index contributed by atoms with van der Waals surface area (Å²) in [5.41, 5.74) is 0.509. The molecule has 1 rings (SSSR count). The summed E-state index contributed by atoms with van der Waals surface area (Å²) in [7, 11) is 0. The van der Waals surface area contributed by atoms with Crippen molar-refractivity contribution in [2.24, 2.45) is 5.92 Å². The number of Topliss-reactive ketones (excluding diaryl/α,β-unsaturated/α-hetero) is 1. The van der Waals surface area contributed by atoms with Gasteiger partial charge in [0, 0.05) is 5.92 Å². The van der Waals surface area contributed by atoms with Crippen LogP contribution in [-0.2, 0) is 4.79 Å². The van der Waals surface area contributed by atoms with Gasteiger partial charge in [0.05, 0.1) is 0 Å². The number of hydrogen-bond acceptors (Lipinski definition) is 1. The Morgan fingerprint density at radius 1 is 1.29 bits per heavy atom. The first-order valence-corrected chi connectivity index (χ1v) is 4.79. The van der Waals surface area contributed by atoms with Gasteiger partial charge in [0.15, 0.2) is 0 Å². The predicted octanol–water partition coefficient (Wildman–Crippen LogP) is 3.15. The van der Waals surface area contributed by atoms with Crippen molar-refractivity contribution < 1.29 is 9.18 Å². The van der Waals surface area contributed by atoms with Crippen LogP contribution in [0.25, 0.3) is 0 Å². The molecule has 1 aromatic rings. The molecule has 0 saturated heterocycles. The van der Waals surface area contributed by atoms with Gasteiger partial charge >= 0.3 is 0 Å². The van der Waals surface area contributed by atoms with Crippen molar-refractivity contribution in [1.82, 2.24) is 0 Å². The molecule has 1 aromatic carbocycles. The van der Waals surface area contributed by atoms with Gasteiger partial charge in [-0.3, -0.25) is 4.79 Å². The molecule has 1 atom stereocenters. The third kappa shape index (κ3) is 2.19. The molecule has 0 aliphatic heterocycles. The van der Waals surface area contributed by atoms with Crippen molar-refractivity contribution in [1.29, 1.82) is 0 Å². The van der Waals surface area contributed by atoms with E-state index in [2.05, 4.69) is 0 Å². The first-order valence-electron chi connectivity index (χ1n) is 4.79. The molecule has 0 aliphatic rings. The van der Waals surface area contributed by atoms with E-state index in [0.29, 0.717) is 5.56 Å². The Kier molecular flexibility index (Phi) is 3.39. The molecule has 0 aromatic heterocycles. The maximum absolute atomic E-state index is 13.4. The lowest BCUT2D eigenvalue weighted by Crippen LogP contribution is -2.16. The zero-order valence-electron chi connectivity index (χ0n) is 8.75. The largest absolute Gasteiger partial charge is 0.299 e. The van der Waals surface area contributed by atoms with Crippen LogP contribution in [0.4, 0.5) is 4.39 Å². The second-order valence-electron chi connectivity index (χ2n) is 3.85. The van der Waals surface area contributed by atoms with Crippen molar-refractivity contribution in [3.63, 3.8) is 0 Å². The Balaban J connectivity index is 3.12. The molecule has 1 unspecified atom stereocenters. The summed E-state index contributed by atoms with van der Waals surface area (Å²) in [6.07, 6.45) is 0. The zero-order valence-corrected chi connectivity index (χ0v) is 8.75. The number of rotatable bonds is 3. The first kappa shape index (κ1) is 10.9. The fraction of sp³-hybridized carbons (Fsp3) is 0.417. The van der Waals surface area contributed by atoms with E-state index in [-0.39, 0.29) is 23.4 Å². The van der Waals surface area contributed by atoms with Crippen molar-refractivity contribution in [3.8, 4) is 0 Å². The fourth-order valence-electron chi connectivity index (χ4n) is 1.77. The van der Waals surface area contributed by atoms with Crippen LogP contribution in [0.15, 0.2) is 24.3 Å². The minimum absolute atomic E-state index is 0.0186. The van der Waals surface area contributed by atoms with Crippen LogP contribution in [0.5, 0.6) is 0 Å². The van der Waals surface area contributed by atoms with Crippen LogP contribution in [0, 0.1) is 11.7 Å². The second-order valence-corrected chi connectivity index (χ2v) is 3.85. The van der Waals surface area contributed by atoms with E-state index >= 15 is 0 Å². The van der Waals surface area contributed by atoms with Crippen LogP contribution in [0.2, 0.25) is 0 Å². The Labute approximate surface area is 83.9 Å². The van der Waals surface area contributed by atoms with Gasteiger partial charge in [-0.25, -0.2) is 4.39 Å². The number of benzene rings is 1. The number of halogens is 1. The average molecular weight is 194 g/mol. The molecule has 2 heteroatoms. The average Bonchev–Trinajstić information content (AvgIpc) is 2.07. The highest BCUT2D eigenvalue weighted by atomic mass is 19.1. The Hall–Kier alpha value is -1.18. The second kappa shape index (κ2) is 4.36. The van der Waals surface area contributed by atoms with Gasteiger partial charge in [0.25, 0.3) is 0 Å². The summed E-state index contributed by atoms with van der Waals surface area (Å²) in [4.78, 5) is 11.4. The molecule has 0 aliphatic carbocycles. The lowest BCUT2D eigenvalue weighted by molar-refractivity contribution is -0.119. The molecular formula is C12H15FO. The SMILES string of the molecule is CC(=O)C(c1ccccc1F)C(C)C. The number of carbonyl (C=O) groups is 1. The molecule has 0 fully saturated rings. The van der Waals surface area contributed by atoms with Gasteiger partial charge in [0.1, 0.15) is 11.6 Å². The Morgan fingerprint density at radius 3 is 2.29 bits per heavy atom. The van der Waals surface area contributed by atoms with Gasteiger partial charge in [-0.1, -0.05) is 32.0 Å². The van der Waals surface area contributed by atoms with Crippen LogP contribution in [-0.4, -0.2) is 5.78 Å². The van der Waals surface area contributed by atoms with E-state index in [0.717, 1.165) is 0 Å². The van der Waals surface area contributed by atoms with Crippen LogP contribution < -0.4 is 0 Å². The van der Waals surface area contributed by atoms with Crippen molar-refractivity contribution in [3.05, 3.63) is 35.6 Å². The summed E-state index contributed by atoms with van der Waals surface area (Å²) < 4.78 is 13.4. The van der Waals surface area contributed by atoms with Crippen molar-refractivity contribution >= 4 is 5.78 Å². The minimum Gasteiger partial charge on any atom is -0.299 e. The van der Waals surface area contributed by atoms with Crippen molar-refractivity contribution in [2.75, 3.05) is 0 Å². The molecule has 0 saturated carbocycles. The maximum atomic E-state index is 13.4. The summed E-state index contributed by atoms with van der Waals surface area (Å²) >= 11 is 0. The summed E-state index contributed by atoms with van der Waals surface area (Å²) in [5, 5.41) is 0. The van der Waals surface area contributed by atoms with E-state index in [1.54, 1.807) is 18.2 Å². The Bertz CT molecular complexity index is 331. The first-order chi connectivity index (χ1) is 6.54. The molecule has 0 spiro atoms. The summed E-state index contributed by atoms with van der Waals surface area (Å²) in [6.45, 7) is 5.37. The van der Waals surface area contributed by atoms with Gasteiger partial charge in [-0.2, -0.15) is 0 Å². The minimum atomic E-state index is -0.323. The van der Waals surface area contributed by atoms with Gasteiger partial charge < -0.3 is 0 Å². The Morgan fingerprint density at radius 2 is 1.86 bits per heavy atom. The van der Waals surface area contributed by atoms with Gasteiger partial charge in [-0.05, 0) is 24.5 Å². The van der Waals surface area contributed by atoms with Gasteiger partial charge in [-0.15, -0.1) is 0 Å². The molecule has 0 bridgehead atoms. The molecule has 0 amide bonds. The molecule has 0 radical (unpaired) electrons. The highest BCUT2D eigenvalue weighted by Gasteiger charge is 2.22. The van der Waals surface area contributed by atoms with E-state index in [9.17, 15) is 9.18 Å². The molecule has 0 N–H and O–H groups in total. The van der Waals surface area contributed by atoms with E-state index in [4.69, 9.17) is 0 Å². The monoisotopic (exact) mass is 194 g/mol. The highest BCUT2D eigenvalue weighted by molar-refractivity contribution is 5.83.